The zero-order valence-electron chi connectivity index (χ0n) is 39.9. The number of halogens is 2. The molecule has 0 bridgehead atoms. The summed E-state index contributed by atoms with van der Waals surface area (Å²) in [5.74, 6) is -5.90. The minimum Gasteiger partial charge on any atom is -0.458 e. The van der Waals surface area contributed by atoms with Gasteiger partial charge in [0.2, 0.25) is 0 Å². The lowest BCUT2D eigenvalue weighted by Crippen LogP contribution is -2.60. The Kier molecular flexibility index (Phi) is 16.6. The van der Waals surface area contributed by atoms with E-state index < -0.39 is 94.6 Å². The predicted octanol–water partition coefficient (Wildman–Crippen LogP) is 5.42. The summed E-state index contributed by atoms with van der Waals surface area (Å²) in [7, 11) is 5.23. The molecule has 0 saturated carbocycles. The SMILES string of the molecule is CC[C@H]1OC(=O)[C@H](C)[C@@H](O)[C@H](C)[C@@H](O[C@@H]2O[C@H](C)C[C@H](N(C)C)[C@H]2O)[C@](C)(OC)C[C@@H](C)C(=O)[C@H](C)[C@H]2C(SCCn3cnc4c(N)ncc(C(=O)Nc5c(Cl)cncc5Cl)c43)C(=O)O[C@@]21C. The number of pyridine rings is 2. The third-order valence-corrected chi connectivity index (χ3v) is 16.0. The van der Waals surface area contributed by atoms with E-state index in [-0.39, 0.29) is 75.7 Å². The number of cyclic esters (lactones) is 1. The van der Waals surface area contributed by atoms with Crippen LogP contribution in [0.3, 0.4) is 0 Å². The highest BCUT2D eigenvalue weighted by molar-refractivity contribution is 8.00. The number of methoxy groups -OCH3 is 1. The Morgan fingerprint density at radius 3 is 2.33 bits per heavy atom. The molecule has 5 N–H and O–H groups in total. The normalized spacial score (nSPS) is 35.5. The monoisotopic (exact) mass is 993 g/mol. The van der Waals surface area contributed by atoms with Crippen molar-refractivity contribution >= 4 is 81.1 Å². The summed E-state index contributed by atoms with van der Waals surface area (Å²) in [4.78, 5) is 71.5. The summed E-state index contributed by atoms with van der Waals surface area (Å²) in [6.45, 7) is 14.3. The number of anilines is 2. The van der Waals surface area contributed by atoms with Gasteiger partial charge in [-0.25, -0.2) is 9.97 Å². The number of nitrogen functional groups attached to an aromatic ring is 1. The second-order valence-corrected chi connectivity index (χ2v) is 21.0. The number of likely N-dealkylation sites (N-methyl/N-ethyl adjacent to an activating group) is 1. The number of aliphatic hydroxyl groups excluding tert-OH is 2. The van der Waals surface area contributed by atoms with Gasteiger partial charge in [0.15, 0.2) is 17.7 Å². The van der Waals surface area contributed by atoms with Crippen molar-refractivity contribution in [2.45, 2.75) is 141 Å². The van der Waals surface area contributed by atoms with Gasteiger partial charge < -0.3 is 54.4 Å². The summed E-state index contributed by atoms with van der Waals surface area (Å²) in [6, 6.07) is -0.295. The van der Waals surface area contributed by atoms with E-state index in [1.807, 2.05) is 25.9 Å². The number of Topliss-reactive ketones (excluding diaryl/α,β-unsaturated/α-hetero) is 1. The molecule has 3 aromatic rings. The molecule has 1 amide bonds. The molecule has 6 rings (SSSR count). The fourth-order valence-electron chi connectivity index (χ4n) is 10.3. The van der Waals surface area contributed by atoms with Crippen LogP contribution in [0, 0.1) is 29.6 Å². The van der Waals surface area contributed by atoms with E-state index in [1.165, 1.54) is 43.8 Å². The zero-order valence-corrected chi connectivity index (χ0v) is 42.2. The maximum atomic E-state index is 14.9. The Morgan fingerprint density at radius 2 is 1.70 bits per heavy atom. The number of nitrogens with one attached hydrogen (secondary N) is 1. The molecule has 21 heteroatoms. The minimum atomic E-state index is -1.46. The van der Waals surface area contributed by atoms with E-state index in [0.29, 0.717) is 11.9 Å². The van der Waals surface area contributed by atoms with Crippen LogP contribution < -0.4 is 11.1 Å². The molecule has 15 atom stereocenters. The van der Waals surface area contributed by atoms with Crippen LogP contribution >= 0.6 is 35.0 Å². The van der Waals surface area contributed by atoms with Crippen molar-refractivity contribution < 1.29 is 53.1 Å². The third kappa shape index (κ3) is 10.5. The second kappa shape index (κ2) is 21.1. The van der Waals surface area contributed by atoms with Crippen LogP contribution in [-0.2, 0) is 44.6 Å². The van der Waals surface area contributed by atoms with Gasteiger partial charge in [0.25, 0.3) is 5.91 Å². The fourth-order valence-corrected chi connectivity index (χ4v) is 12.2. The molecule has 3 aliphatic heterocycles. The second-order valence-electron chi connectivity index (χ2n) is 19.0. The quantitative estimate of drug-likeness (QED) is 0.176. The lowest BCUT2D eigenvalue weighted by atomic mass is 9.70. The standard InChI is InChI=1S/C46H65Cl2N7O11S/c1-12-30-46(8)31(38(43(61)66-46)67-14-13-55-20-52-33-34(55)26(17-51-40(33)49)41(59)53-32-27(47)18-50-19-28(32)48)23(4)35(56)21(2)16-45(7,62-11)39(24(5)36(57)25(6)42(60)64-30)65-44-37(58)29(54(9)10)15-22(3)63-44/h17-25,29-31,36-39,44,57-58H,12-16H2,1-11H3,(H2,49,51)(H,50,53,59)/t21-,22-,23-,24+,25-,29+,30-,31+,36+,37-,38?,39-,44+,45-,46-/m1/s1. The van der Waals surface area contributed by atoms with Crippen LogP contribution in [-0.4, -0.2) is 145 Å². The fraction of sp³-hybridized carbons (Fsp3) is 0.674. The number of aromatic nitrogens is 4. The molecule has 6 heterocycles. The molecule has 0 aliphatic carbocycles. The highest BCUT2D eigenvalue weighted by Gasteiger charge is 2.61. The Bertz CT molecular complexity index is 2290. The number of carbonyl (C=O) groups excluding carboxylic acids is 4. The molecule has 1 unspecified atom stereocenters. The van der Waals surface area contributed by atoms with Gasteiger partial charge in [0, 0.05) is 67.7 Å². The van der Waals surface area contributed by atoms with Crippen LogP contribution in [0.4, 0.5) is 11.5 Å². The van der Waals surface area contributed by atoms with Gasteiger partial charge in [-0.2, -0.15) is 0 Å². The molecule has 3 saturated heterocycles. The van der Waals surface area contributed by atoms with Crippen molar-refractivity contribution in [3.63, 3.8) is 0 Å². The number of rotatable bonds is 11. The maximum absolute atomic E-state index is 14.9. The number of hydrogen-bond acceptors (Lipinski definition) is 17. The number of hydrogen-bond donors (Lipinski definition) is 4. The molecule has 0 radical (unpaired) electrons. The van der Waals surface area contributed by atoms with Crippen molar-refractivity contribution in [1.82, 2.24) is 24.4 Å². The molecular formula is C46H65Cl2N7O11S. The van der Waals surface area contributed by atoms with Crippen molar-refractivity contribution in [2.75, 3.05) is 38.0 Å². The van der Waals surface area contributed by atoms with E-state index in [0.717, 1.165) is 0 Å². The highest BCUT2D eigenvalue weighted by Crippen LogP contribution is 2.49. The summed E-state index contributed by atoms with van der Waals surface area (Å²) in [6.07, 6.45) is 0.633. The number of nitrogens with two attached hydrogens (primary N) is 1. The molecule has 3 aromatic heterocycles. The van der Waals surface area contributed by atoms with Crippen molar-refractivity contribution in [3.05, 3.63) is 40.5 Å². The summed E-state index contributed by atoms with van der Waals surface area (Å²) >= 11 is 13.9. The van der Waals surface area contributed by atoms with Crippen LogP contribution in [0.15, 0.2) is 24.9 Å². The zero-order chi connectivity index (χ0) is 49.4. The number of esters is 2. The predicted molar refractivity (Wildman–Crippen MR) is 254 cm³/mol. The third-order valence-electron chi connectivity index (χ3n) is 14.2. The van der Waals surface area contributed by atoms with Gasteiger partial charge in [-0.05, 0) is 61.1 Å². The molecule has 3 aliphatic rings. The average molecular weight is 995 g/mol. The number of ether oxygens (including phenoxy) is 5. The number of nitrogens with zero attached hydrogens (tertiary/aromatic N) is 5. The van der Waals surface area contributed by atoms with Gasteiger partial charge in [-0.3, -0.25) is 24.2 Å². The summed E-state index contributed by atoms with van der Waals surface area (Å²) in [5.41, 5.74) is 4.44. The number of ketones is 1. The van der Waals surface area contributed by atoms with Crippen LogP contribution in [0.1, 0.15) is 85.0 Å². The maximum Gasteiger partial charge on any atom is 0.320 e. The highest BCUT2D eigenvalue weighted by atomic mass is 35.5. The lowest BCUT2D eigenvalue weighted by molar-refractivity contribution is -0.301. The number of thioether (sulfide) groups is 1. The molecule has 0 aromatic carbocycles. The first-order valence-corrected chi connectivity index (χ1v) is 24.5. The smallest absolute Gasteiger partial charge is 0.320 e. The van der Waals surface area contributed by atoms with E-state index >= 15 is 0 Å². The number of carbonyl (C=O) groups is 4. The Balaban J connectivity index is 1.32. The minimum absolute atomic E-state index is 0.0978. The van der Waals surface area contributed by atoms with Crippen molar-refractivity contribution in [3.8, 4) is 0 Å². The molecular weight excluding hydrogens is 930 g/mol. The number of aryl methyl sites for hydroxylation is 1. The Labute approximate surface area is 405 Å². The summed E-state index contributed by atoms with van der Waals surface area (Å²) < 4.78 is 33.3. The van der Waals surface area contributed by atoms with Crippen LogP contribution in [0.5, 0.6) is 0 Å². The van der Waals surface area contributed by atoms with E-state index in [2.05, 4.69) is 20.3 Å². The first-order valence-electron chi connectivity index (χ1n) is 22.7. The average Bonchev–Trinajstić information content (AvgIpc) is 3.82. The Hall–Kier alpha value is -3.66. The van der Waals surface area contributed by atoms with E-state index in [4.69, 9.17) is 52.6 Å². The first-order chi connectivity index (χ1) is 31.5. The number of fused-ring (bicyclic) bond motifs is 2. The number of imidazole rings is 1. The van der Waals surface area contributed by atoms with Crippen LogP contribution in [0.2, 0.25) is 10.0 Å². The van der Waals surface area contributed by atoms with E-state index in [9.17, 15) is 29.4 Å². The molecule has 18 nitrogen and oxygen atoms in total. The van der Waals surface area contributed by atoms with Gasteiger partial charge in [0.1, 0.15) is 28.8 Å². The lowest BCUT2D eigenvalue weighted by Gasteiger charge is -2.48. The first kappa shape index (κ1) is 52.7. The number of aliphatic hydroxyl groups is 2. The van der Waals surface area contributed by atoms with Crippen molar-refractivity contribution in [2.24, 2.45) is 29.6 Å². The molecule has 3 fully saturated rings. The van der Waals surface area contributed by atoms with Crippen LogP contribution in [0.25, 0.3) is 11.0 Å². The van der Waals surface area contributed by atoms with Gasteiger partial charge in [-0.1, -0.05) is 50.9 Å². The Morgan fingerprint density at radius 1 is 1.03 bits per heavy atom. The molecule has 0 spiro atoms. The summed E-state index contributed by atoms with van der Waals surface area (Å²) in [5, 5.41) is 25.6. The van der Waals surface area contributed by atoms with E-state index in [1.54, 1.807) is 53.0 Å². The van der Waals surface area contributed by atoms with Crippen molar-refractivity contribution in [1.29, 1.82) is 0 Å². The van der Waals surface area contributed by atoms with Gasteiger partial charge in [-0.15, -0.1) is 11.8 Å². The molecule has 67 heavy (non-hydrogen) atoms. The topological polar surface area (TPSA) is 240 Å². The largest absolute Gasteiger partial charge is 0.458 e. The number of amides is 1. The van der Waals surface area contributed by atoms with Gasteiger partial charge in [0.05, 0.1) is 63.0 Å². The molecule has 370 valence electrons. The van der Waals surface area contributed by atoms with Gasteiger partial charge >= 0.3 is 11.9 Å².